The number of rotatable bonds is 7. The first kappa shape index (κ1) is 13.6. The minimum Gasteiger partial charge on any atom is -0.270 e. The second-order valence-electron chi connectivity index (χ2n) is 4.31. The number of alkyl halides is 1. The first-order valence-electron chi connectivity index (χ1n) is 6.36. The van der Waals surface area contributed by atoms with Crippen LogP contribution < -0.4 is 0 Å². The Bertz CT molecular complexity index is 307. The minimum absolute atomic E-state index is 0.596. The Labute approximate surface area is 104 Å². The zero-order valence-corrected chi connectivity index (χ0v) is 11.4. The summed E-state index contributed by atoms with van der Waals surface area (Å²) in [6, 6.07) is 2.23. The summed E-state index contributed by atoms with van der Waals surface area (Å²) in [4.78, 5) is 0. The van der Waals surface area contributed by atoms with Crippen LogP contribution in [-0.2, 0) is 19.4 Å². The summed E-state index contributed by atoms with van der Waals surface area (Å²) in [5, 5.41) is 4.57. The van der Waals surface area contributed by atoms with Crippen molar-refractivity contribution in [2.24, 2.45) is 5.92 Å². The predicted molar refractivity (Wildman–Crippen MR) is 70.1 cm³/mol. The summed E-state index contributed by atoms with van der Waals surface area (Å²) in [6.07, 6.45) is 4.50. The van der Waals surface area contributed by atoms with Crippen molar-refractivity contribution in [2.45, 2.75) is 53.0 Å². The van der Waals surface area contributed by atoms with Gasteiger partial charge in [-0.1, -0.05) is 20.3 Å². The van der Waals surface area contributed by atoms with Crippen molar-refractivity contribution in [3.63, 3.8) is 0 Å². The molecule has 1 rings (SSSR count). The van der Waals surface area contributed by atoms with Crippen molar-refractivity contribution >= 4 is 11.6 Å². The molecule has 1 aromatic heterocycles. The smallest absolute Gasteiger partial charge is 0.0624 e. The van der Waals surface area contributed by atoms with Gasteiger partial charge in [0.25, 0.3) is 0 Å². The Hall–Kier alpha value is -0.500. The van der Waals surface area contributed by atoms with E-state index in [1.807, 2.05) is 0 Å². The van der Waals surface area contributed by atoms with Gasteiger partial charge >= 0.3 is 0 Å². The number of hydrogen-bond acceptors (Lipinski definition) is 1. The second-order valence-corrected chi connectivity index (χ2v) is 4.62. The lowest BCUT2D eigenvalue weighted by molar-refractivity contribution is 0.497. The van der Waals surface area contributed by atoms with Gasteiger partial charge in [0.2, 0.25) is 0 Å². The minimum atomic E-state index is 0.596. The van der Waals surface area contributed by atoms with E-state index in [9.17, 15) is 0 Å². The van der Waals surface area contributed by atoms with Gasteiger partial charge in [-0.15, -0.1) is 11.6 Å². The molecule has 2 nitrogen and oxygen atoms in total. The lowest BCUT2D eigenvalue weighted by Crippen LogP contribution is -2.11. The second kappa shape index (κ2) is 6.95. The van der Waals surface area contributed by atoms with Crippen molar-refractivity contribution in [1.29, 1.82) is 0 Å². The van der Waals surface area contributed by atoms with Gasteiger partial charge in [-0.3, -0.25) is 4.68 Å². The van der Waals surface area contributed by atoms with Crippen LogP contribution >= 0.6 is 11.6 Å². The molecule has 1 atom stereocenters. The molecule has 0 N–H and O–H groups in total. The largest absolute Gasteiger partial charge is 0.270 e. The lowest BCUT2D eigenvalue weighted by atomic mass is 10.00. The van der Waals surface area contributed by atoms with Crippen LogP contribution in [0.5, 0.6) is 0 Å². The molecule has 0 aliphatic rings. The van der Waals surface area contributed by atoms with E-state index in [1.54, 1.807) is 0 Å². The molecule has 1 heterocycles. The SMILES string of the molecule is CCCC(CCl)Cc1cc(CC)nn1CC. The van der Waals surface area contributed by atoms with Crippen LogP contribution in [0.4, 0.5) is 0 Å². The summed E-state index contributed by atoms with van der Waals surface area (Å²) in [5.41, 5.74) is 2.54. The van der Waals surface area contributed by atoms with Gasteiger partial charge in [-0.2, -0.15) is 5.10 Å². The van der Waals surface area contributed by atoms with Crippen molar-refractivity contribution in [3.05, 3.63) is 17.5 Å². The highest BCUT2D eigenvalue weighted by molar-refractivity contribution is 6.18. The molecule has 0 aliphatic carbocycles. The molecule has 1 unspecified atom stereocenters. The monoisotopic (exact) mass is 242 g/mol. The molecular weight excluding hydrogens is 220 g/mol. The van der Waals surface area contributed by atoms with Gasteiger partial charge in [0.05, 0.1) is 5.69 Å². The maximum Gasteiger partial charge on any atom is 0.0624 e. The topological polar surface area (TPSA) is 17.8 Å². The fourth-order valence-electron chi connectivity index (χ4n) is 2.06. The van der Waals surface area contributed by atoms with Crippen LogP contribution in [0.2, 0.25) is 0 Å². The molecule has 0 fully saturated rings. The first-order chi connectivity index (χ1) is 7.74. The van der Waals surface area contributed by atoms with E-state index in [-0.39, 0.29) is 0 Å². The molecular formula is C13H23ClN2. The number of hydrogen-bond donors (Lipinski definition) is 0. The van der Waals surface area contributed by atoms with E-state index in [4.69, 9.17) is 11.6 Å². The molecule has 0 aromatic carbocycles. The van der Waals surface area contributed by atoms with E-state index in [0.29, 0.717) is 5.92 Å². The summed E-state index contributed by atoms with van der Waals surface area (Å²) in [7, 11) is 0. The number of aromatic nitrogens is 2. The summed E-state index contributed by atoms with van der Waals surface area (Å²) in [6.45, 7) is 7.47. The molecule has 0 bridgehead atoms. The zero-order valence-electron chi connectivity index (χ0n) is 10.7. The molecule has 3 heteroatoms. The summed E-state index contributed by atoms with van der Waals surface area (Å²) in [5.74, 6) is 1.35. The molecule has 0 radical (unpaired) electrons. The van der Waals surface area contributed by atoms with Crippen LogP contribution in [0.3, 0.4) is 0 Å². The highest BCUT2D eigenvalue weighted by atomic mass is 35.5. The Morgan fingerprint density at radius 3 is 2.62 bits per heavy atom. The zero-order chi connectivity index (χ0) is 12.0. The van der Waals surface area contributed by atoms with Crippen molar-refractivity contribution in [2.75, 3.05) is 5.88 Å². The van der Waals surface area contributed by atoms with Crippen molar-refractivity contribution < 1.29 is 0 Å². The fourth-order valence-corrected chi connectivity index (χ4v) is 2.33. The van der Waals surface area contributed by atoms with Gasteiger partial charge in [0.1, 0.15) is 0 Å². The van der Waals surface area contributed by atoms with Crippen molar-refractivity contribution in [3.8, 4) is 0 Å². The maximum atomic E-state index is 6.00. The van der Waals surface area contributed by atoms with E-state index >= 15 is 0 Å². The van der Waals surface area contributed by atoms with Crippen LogP contribution in [0.25, 0.3) is 0 Å². The maximum absolute atomic E-state index is 6.00. The molecule has 0 saturated heterocycles. The van der Waals surface area contributed by atoms with Gasteiger partial charge < -0.3 is 0 Å². The molecule has 0 spiro atoms. The molecule has 0 amide bonds. The van der Waals surface area contributed by atoms with Crippen molar-refractivity contribution in [1.82, 2.24) is 9.78 Å². The summed E-state index contributed by atoms with van der Waals surface area (Å²) < 4.78 is 2.12. The quantitative estimate of drug-likeness (QED) is 0.668. The molecule has 92 valence electrons. The number of nitrogens with zero attached hydrogens (tertiary/aromatic N) is 2. The van der Waals surface area contributed by atoms with Crippen LogP contribution in [0, 0.1) is 5.92 Å². The Morgan fingerprint density at radius 1 is 1.38 bits per heavy atom. The van der Waals surface area contributed by atoms with E-state index in [2.05, 4.69) is 36.6 Å². The molecule has 0 aliphatic heterocycles. The summed E-state index contributed by atoms with van der Waals surface area (Å²) >= 11 is 6.00. The predicted octanol–water partition coefficient (Wildman–Crippen LogP) is 3.66. The highest BCUT2D eigenvalue weighted by Crippen LogP contribution is 2.17. The van der Waals surface area contributed by atoms with Crippen LogP contribution in [-0.4, -0.2) is 15.7 Å². The third-order valence-electron chi connectivity index (χ3n) is 2.99. The highest BCUT2D eigenvalue weighted by Gasteiger charge is 2.12. The van der Waals surface area contributed by atoms with Gasteiger partial charge in [0, 0.05) is 18.1 Å². The molecule has 16 heavy (non-hydrogen) atoms. The van der Waals surface area contributed by atoms with E-state index in [0.717, 1.165) is 25.3 Å². The Balaban J connectivity index is 2.73. The average molecular weight is 243 g/mol. The van der Waals surface area contributed by atoms with E-state index < -0.39 is 0 Å². The molecule has 1 aromatic rings. The van der Waals surface area contributed by atoms with Crippen LogP contribution in [0.1, 0.15) is 45.0 Å². The van der Waals surface area contributed by atoms with Gasteiger partial charge in [-0.25, -0.2) is 0 Å². The third kappa shape index (κ3) is 3.51. The fraction of sp³-hybridized carbons (Fsp3) is 0.769. The first-order valence-corrected chi connectivity index (χ1v) is 6.90. The number of aryl methyl sites for hydroxylation is 2. The number of halogens is 1. The van der Waals surface area contributed by atoms with Gasteiger partial charge in [-0.05, 0) is 38.2 Å². The standard InChI is InChI=1S/C13H23ClN2/c1-4-7-11(10-14)8-13-9-12(5-2)15-16(13)6-3/h9,11H,4-8,10H2,1-3H3. The lowest BCUT2D eigenvalue weighted by Gasteiger charge is -2.13. The Kier molecular flexibility index (Phi) is 5.89. The van der Waals surface area contributed by atoms with E-state index in [1.165, 1.54) is 24.2 Å². The normalized spacial score (nSPS) is 13.0. The van der Waals surface area contributed by atoms with Crippen LogP contribution in [0.15, 0.2) is 6.07 Å². The average Bonchev–Trinajstić information content (AvgIpc) is 2.70. The third-order valence-corrected chi connectivity index (χ3v) is 3.43. The molecule has 0 saturated carbocycles. The van der Waals surface area contributed by atoms with Gasteiger partial charge in [0.15, 0.2) is 0 Å². The Morgan fingerprint density at radius 2 is 2.12 bits per heavy atom.